The highest BCUT2D eigenvalue weighted by Crippen LogP contribution is 2.24. The van der Waals surface area contributed by atoms with Gasteiger partial charge in [0, 0.05) is 30.7 Å². The van der Waals surface area contributed by atoms with Gasteiger partial charge in [0.25, 0.3) is 0 Å². The van der Waals surface area contributed by atoms with Crippen LogP contribution in [0, 0.1) is 0 Å². The lowest BCUT2D eigenvalue weighted by atomic mass is 10.1. The first-order valence-corrected chi connectivity index (χ1v) is 6.69. The zero-order valence-corrected chi connectivity index (χ0v) is 11.1. The number of hydrogen-bond donors (Lipinski definition) is 1. The summed E-state index contributed by atoms with van der Waals surface area (Å²) in [5, 5.41) is 10.2. The van der Waals surface area contributed by atoms with Crippen molar-refractivity contribution in [1.82, 2.24) is 9.47 Å². The third-order valence-corrected chi connectivity index (χ3v) is 3.91. The number of aromatic carboxylic acids is 1. The molecule has 1 aliphatic heterocycles. The van der Waals surface area contributed by atoms with Gasteiger partial charge in [-0.05, 0) is 49.7 Å². The number of likely N-dealkylation sites (tertiary alicyclic amines) is 1. The summed E-state index contributed by atoms with van der Waals surface area (Å²) in [6.07, 6.45) is 4.66. The lowest BCUT2D eigenvalue weighted by Crippen LogP contribution is -2.18. The minimum absolute atomic E-state index is 0.362. The molecule has 0 aliphatic carbocycles. The Balaban J connectivity index is 2.02. The molecule has 0 atom stereocenters. The standard InChI is InChI=1S/C15H18N2O2/c1-16-9-12(10-17-6-2-3-7-17)13-8-11(15(18)19)4-5-14(13)16/h4-5,8-9H,2-3,6-7,10H2,1H3,(H,18,19). The molecule has 19 heavy (non-hydrogen) atoms. The minimum atomic E-state index is -0.863. The largest absolute Gasteiger partial charge is 0.478 e. The van der Waals surface area contributed by atoms with Gasteiger partial charge in [0.2, 0.25) is 0 Å². The molecule has 2 heterocycles. The van der Waals surface area contributed by atoms with Gasteiger partial charge in [0.1, 0.15) is 0 Å². The van der Waals surface area contributed by atoms with Crippen molar-refractivity contribution in [3.63, 3.8) is 0 Å². The molecule has 0 radical (unpaired) electrons. The van der Waals surface area contributed by atoms with E-state index in [0.29, 0.717) is 5.56 Å². The predicted octanol–water partition coefficient (Wildman–Crippen LogP) is 2.47. The summed E-state index contributed by atoms with van der Waals surface area (Å²) in [6.45, 7) is 3.21. The molecule has 1 fully saturated rings. The molecule has 1 N–H and O–H groups in total. The molecular weight excluding hydrogens is 240 g/mol. The fourth-order valence-corrected chi connectivity index (χ4v) is 2.91. The Hall–Kier alpha value is -1.81. The smallest absolute Gasteiger partial charge is 0.335 e. The summed E-state index contributed by atoms with van der Waals surface area (Å²) in [7, 11) is 2.01. The number of carboxylic acid groups (broad SMARTS) is 1. The second-order valence-corrected chi connectivity index (χ2v) is 5.29. The van der Waals surface area contributed by atoms with Crippen molar-refractivity contribution in [3.8, 4) is 0 Å². The first-order valence-electron chi connectivity index (χ1n) is 6.69. The fraction of sp³-hybridized carbons (Fsp3) is 0.400. The van der Waals surface area contributed by atoms with Gasteiger partial charge in [-0.3, -0.25) is 4.90 Å². The van der Waals surface area contributed by atoms with Crippen molar-refractivity contribution in [3.05, 3.63) is 35.5 Å². The van der Waals surface area contributed by atoms with Crippen molar-refractivity contribution in [2.24, 2.45) is 7.05 Å². The quantitative estimate of drug-likeness (QED) is 0.920. The van der Waals surface area contributed by atoms with Gasteiger partial charge in [-0.25, -0.2) is 4.79 Å². The molecule has 0 unspecified atom stereocenters. The molecule has 0 amide bonds. The number of aromatic nitrogens is 1. The van der Waals surface area contributed by atoms with E-state index < -0.39 is 5.97 Å². The van der Waals surface area contributed by atoms with Crippen LogP contribution in [0.4, 0.5) is 0 Å². The molecule has 1 aliphatic rings. The van der Waals surface area contributed by atoms with Gasteiger partial charge < -0.3 is 9.67 Å². The van der Waals surface area contributed by atoms with Crippen LogP contribution in [0.15, 0.2) is 24.4 Å². The molecule has 1 saturated heterocycles. The van der Waals surface area contributed by atoms with Crippen molar-refractivity contribution < 1.29 is 9.90 Å². The van der Waals surface area contributed by atoms with Gasteiger partial charge in [0.05, 0.1) is 5.56 Å². The third-order valence-electron chi connectivity index (χ3n) is 3.91. The zero-order chi connectivity index (χ0) is 13.4. The third kappa shape index (κ3) is 2.24. The highest BCUT2D eigenvalue weighted by Gasteiger charge is 2.16. The second-order valence-electron chi connectivity index (χ2n) is 5.29. The monoisotopic (exact) mass is 258 g/mol. The van der Waals surface area contributed by atoms with Crippen LogP contribution in [0.1, 0.15) is 28.8 Å². The fourth-order valence-electron chi connectivity index (χ4n) is 2.91. The van der Waals surface area contributed by atoms with Crippen LogP contribution in [-0.2, 0) is 13.6 Å². The van der Waals surface area contributed by atoms with E-state index in [-0.39, 0.29) is 0 Å². The Morgan fingerprint density at radius 2 is 2.05 bits per heavy atom. The number of hydrogen-bond acceptors (Lipinski definition) is 2. The van der Waals surface area contributed by atoms with Crippen LogP contribution in [0.3, 0.4) is 0 Å². The number of carboxylic acids is 1. The minimum Gasteiger partial charge on any atom is -0.478 e. The van der Waals surface area contributed by atoms with E-state index in [1.165, 1.54) is 18.4 Å². The maximum Gasteiger partial charge on any atom is 0.335 e. The summed E-state index contributed by atoms with van der Waals surface area (Å²) in [4.78, 5) is 13.5. The normalized spacial score (nSPS) is 16.3. The summed E-state index contributed by atoms with van der Waals surface area (Å²) in [5.41, 5.74) is 2.68. The van der Waals surface area contributed by atoms with E-state index in [4.69, 9.17) is 5.11 Å². The Bertz CT molecular complexity index is 624. The maximum atomic E-state index is 11.1. The number of fused-ring (bicyclic) bond motifs is 1. The molecule has 4 heteroatoms. The first kappa shape index (κ1) is 12.2. The SMILES string of the molecule is Cn1cc(CN2CCCC2)c2cc(C(=O)O)ccc21. The molecule has 4 nitrogen and oxygen atoms in total. The molecule has 3 rings (SSSR count). The summed E-state index contributed by atoms with van der Waals surface area (Å²) in [6, 6.07) is 5.36. The molecule has 0 saturated carbocycles. The van der Waals surface area contributed by atoms with Gasteiger partial charge >= 0.3 is 5.97 Å². The van der Waals surface area contributed by atoms with Gasteiger partial charge in [-0.15, -0.1) is 0 Å². The van der Waals surface area contributed by atoms with Crippen LogP contribution in [0.5, 0.6) is 0 Å². The highest BCUT2D eigenvalue weighted by molar-refractivity contribution is 5.94. The molecule has 1 aromatic carbocycles. The Morgan fingerprint density at radius 3 is 2.74 bits per heavy atom. The molecule has 2 aromatic rings. The van der Waals surface area contributed by atoms with E-state index in [1.807, 2.05) is 13.1 Å². The number of rotatable bonds is 3. The Morgan fingerprint density at radius 1 is 1.32 bits per heavy atom. The first-order chi connectivity index (χ1) is 9.15. The van der Waals surface area contributed by atoms with E-state index in [0.717, 1.165) is 30.5 Å². The summed E-state index contributed by atoms with van der Waals surface area (Å²) in [5.74, 6) is -0.863. The average molecular weight is 258 g/mol. The van der Waals surface area contributed by atoms with Crippen LogP contribution in [-0.4, -0.2) is 33.6 Å². The number of nitrogens with zero attached hydrogens (tertiary/aromatic N) is 2. The van der Waals surface area contributed by atoms with Gasteiger partial charge in [0.15, 0.2) is 0 Å². The van der Waals surface area contributed by atoms with Crippen molar-refractivity contribution in [2.45, 2.75) is 19.4 Å². The number of carbonyl (C=O) groups is 1. The van der Waals surface area contributed by atoms with Gasteiger partial charge in [-0.2, -0.15) is 0 Å². The zero-order valence-electron chi connectivity index (χ0n) is 11.1. The van der Waals surface area contributed by atoms with E-state index in [9.17, 15) is 4.79 Å². The Kier molecular flexibility index (Phi) is 3.03. The Labute approximate surface area is 112 Å². The topological polar surface area (TPSA) is 45.5 Å². The highest BCUT2D eigenvalue weighted by atomic mass is 16.4. The average Bonchev–Trinajstić information content (AvgIpc) is 2.99. The van der Waals surface area contributed by atoms with Crippen LogP contribution in [0.25, 0.3) is 10.9 Å². The predicted molar refractivity (Wildman–Crippen MR) is 74.4 cm³/mol. The van der Waals surface area contributed by atoms with Crippen LogP contribution in [0.2, 0.25) is 0 Å². The lowest BCUT2D eigenvalue weighted by Gasteiger charge is -2.13. The molecule has 1 aromatic heterocycles. The molecule has 0 bridgehead atoms. The molecular formula is C15H18N2O2. The van der Waals surface area contributed by atoms with E-state index in [2.05, 4.69) is 15.7 Å². The van der Waals surface area contributed by atoms with E-state index >= 15 is 0 Å². The summed E-state index contributed by atoms with van der Waals surface area (Å²) < 4.78 is 2.08. The van der Waals surface area contributed by atoms with Crippen LogP contribution >= 0.6 is 0 Å². The number of benzene rings is 1. The molecule has 0 spiro atoms. The van der Waals surface area contributed by atoms with Crippen molar-refractivity contribution in [1.29, 1.82) is 0 Å². The van der Waals surface area contributed by atoms with Gasteiger partial charge in [-0.1, -0.05) is 0 Å². The van der Waals surface area contributed by atoms with Crippen molar-refractivity contribution >= 4 is 16.9 Å². The number of aryl methyl sites for hydroxylation is 1. The summed E-state index contributed by atoms with van der Waals surface area (Å²) >= 11 is 0. The molecule has 100 valence electrons. The lowest BCUT2D eigenvalue weighted by molar-refractivity contribution is 0.0697. The second kappa shape index (κ2) is 4.70. The maximum absolute atomic E-state index is 11.1. The van der Waals surface area contributed by atoms with Crippen LogP contribution < -0.4 is 0 Å². The van der Waals surface area contributed by atoms with Crippen molar-refractivity contribution in [2.75, 3.05) is 13.1 Å². The van der Waals surface area contributed by atoms with E-state index in [1.54, 1.807) is 12.1 Å².